The van der Waals surface area contributed by atoms with Gasteiger partial charge in [-0.3, -0.25) is 0 Å². The largest absolute Gasteiger partial charge is 0.492 e. The van der Waals surface area contributed by atoms with Crippen LogP contribution in [0.5, 0.6) is 5.75 Å². The minimum atomic E-state index is 0.615. The van der Waals surface area contributed by atoms with Crippen molar-refractivity contribution in [2.45, 2.75) is 32.1 Å². The molecule has 0 heterocycles. The van der Waals surface area contributed by atoms with E-state index in [1.165, 1.54) is 32.1 Å². The fourth-order valence-electron chi connectivity index (χ4n) is 2.27. The van der Waals surface area contributed by atoms with E-state index >= 15 is 0 Å². The van der Waals surface area contributed by atoms with E-state index in [0.717, 1.165) is 11.1 Å². The molecule has 1 aliphatic rings. The molecule has 1 aromatic rings. The lowest BCUT2D eigenvalue weighted by atomic mass is 9.90. The van der Waals surface area contributed by atoms with E-state index in [-0.39, 0.29) is 0 Å². The SMILES string of the molecule is N#Cc1ccc(Br)cc1OCC1CCCCC1. The van der Waals surface area contributed by atoms with Gasteiger partial charge in [-0.15, -0.1) is 0 Å². The van der Waals surface area contributed by atoms with Gasteiger partial charge in [0.25, 0.3) is 0 Å². The van der Waals surface area contributed by atoms with E-state index in [4.69, 9.17) is 10.00 Å². The highest BCUT2D eigenvalue weighted by Gasteiger charge is 2.14. The van der Waals surface area contributed by atoms with Gasteiger partial charge in [0, 0.05) is 4.47 Å². The molecule has 0 saturated heterocycles. The Morgan fingerprint density at radius 3 is 2.76 bits per heavy atom. The summed E-state index contributed by atoms with van der Waals surface area (Å²) in [6.07, 6.45) is 6.51. The number of rotatable bonds is 3. The highest BCUT2D eigenvalue weighted by molar-refractivity contribution is 9.10. The number of nitrogens with zero attached hydrogens (tertiary/aromatic N) is 1. The summed E-state index contributed by atoms with van der Waals surface area (Å²) in [5.41, 5.74) is 0.615. The monoisotopic (exact) mass is 293 g/mol. The van der Waals surface area contributed by atoms with Crippen LogP contribution in [0.3, 0.4) is 0 Å². The van der Waals surface area contributed by atoms with Crippen molar-refractivity contribution >= 4 is 15.9 Å². The molecule has 0 aromatic heterocycles. The van der Waals surface area contributed by atoms with E-state index in [2.05, 4.69) is 22.0 Å². The zero-order chi connectivity index (χ0) is 12.1. The van der Waals surface area contributed by atoms with Gasteiger partial charge >= 0.3 is 0 Å². The van der Waals surface area contributed by atoms with Gasteiger partial charge in [0.1, 0.15) is 11.8 Å². The van der Waals surface area contributed by atoms with Crippen LogP contribution < -0.4 is 4.74 Å². The van der Waals surface area contributed by atoms with Crippen LogP contribution in [-0.2, 0) is 0 Å². The Labute approximate surface area is 111 Å². The molecule has 1 fully saturated rings. The molecular weight excluding hydrogens is 278 g/mol. The summed E-state index contributed by atoms with van der Waals surface area (Å²) >= 11 is 3.40. The van der Waals surface area contributed by atoms with Crippen LogP contribution in [0.1, 0.15) is 37.7 Å². The molecule has 1 aliphatic carbocycles. The van der Waals surface area contributed by atoms with Crippen molar-refractivity contribution in [2.24, 2.45) is 5.92 Å². The Morgan fingerprint density at radius 2 is 2.06 bits per heavy atom. The Balaban J connectivity index is 1.98. The lowest BCUT2D eigenvalue weighted by molar-refractivity contribution is 0.208. The lowest BCUT2D eigenvalue weighted by Gasteiger charge is -2.21. The van der Waals surface area contributed by atoms with Crippen molar-refractivity contribution in [3.8, 4) is 11.8 Å². The van der Waals surface area contributed by atoms with Crippen molar-refractivity contribution in [3.63, 3.8) is 0 Å². The molecule has 0 radical (unpaired) electrons. The Kier molecular flexibility index (Phi) is 4.44. The van der Waals surface area contributed by atoms with E-state index in [0.29, 0.717) is 17.2 Å². The van der Waals surface area contributed by atoms with Gasteiger partial charge in [-0.25, -0.2) is 0 Å². The molecule has 0 amide bonds. The molecule has 0 spiro atoms. The van der Waals surface area contributed by atoms with Gasteiger partial charge in [-0.2, -0.15) is 5.26 Å². The number of benzene rings is 1. The second-order valence-corrected chi connectivity index (χ2v) is 5.48. The molecular formula is C14H16BrNO. The van der Waals surface area contributed by atoms with Crippen molar-refractivity contribution < 1.29 is 4.74 Å². The quantitative estimate of drug-likeness (QED) is 0.833. The summed E-state index contributed by atoms with van der Waals surface area (Å²) in [4.78, 5) is 0. The third kappa shape index (κ3) is 3.47. The highest BCUT2D eigenvalue weighted by atomic mass is 79.9. The van der Waals surface area contributed by atoms with Gasteiger partial charge < -0.3 is 4.74 Å². The predicted molar refractivity (Wildman–Crippen MR) is 70.9 cm³/mol. The maximum atomic E-state index is 9.00. The fourth-order valence-corrected chi connectivity index (χ4v) is 2.61. The second-order valence-electron chi connectivity index (χ2n) is 4.57. The number of halogens is 1. The second kappa shape index (κ2) is 6.07. The Hall–Kier alpha value is -1.01. The normalized spacial score (nSPS) is 16.5. The number of nitriles is 1. The average Bonchev–Trinajstić information content (AvgIpc) is 2.38. The van der Waals surface area contributed by atoms with Crippen molar-refractivity contribution in [1.29, 1.82) is 5.26 Å². The summed E-state index contributed by atoms with van der Waals surface area (Å²) in [6.45, 7) is 0.741. The van der Waals surface area contributed by atoms with Crippen LogP contribution in [0.15, 0.2) is 22.7 Å². The summed E-state index contributed by atoms with van der Waals surface area (Å²) in [5.74, 6) is 1.36. The van der Waals surface area contributed by atoms with Crippen molar-refractivity contribution in [2.75, 3.05) is 6.61 Å². The van der Waals surface area contributed by atoms with Crippen molar-refractivity contribution in [3.05, 3.63) is 28.2 Å². The van der Waals surface area contributed by atoms with Crippen LogP contribution in [0.25, 0.3) is 0 Å². The van der Waals surface area contributed by atoms with Crippen LogP contribution in [0, 0.1) is 17.2 Å². The first-order valence-corrected chi connectivity index (χ1v) is 6.91. The number of hydrogen-bond acceptors (Lipinski definition) is 2. The molecule has 0 bridgehead atoms. The first-order chi connectivity index (χ1) is 8.29. The average molecular weight is 294 g/mol. The summed E-state index contributed by atoms with van der Waals surface area (Å²) in [5, 5.41) is 9.00. The number of hydrogen-bond donors (Lipinski definition) is 0. The third-order valence-corrected chi connectivity index (χ3v) is 3.76. The maximum Gasteiger partial charge on any atom is 0.138 e. The highest BCUT2D eigenvalue weighted by Crippen LogP contribution is 2.27. The molecule has 0 N–H and O–H groups in total. The van der Waals surface area contributed by atoms with Gasteiger partial charge in [-0.1, -0.05) is 35.2 Å². The van der Waals surface area contributed by atoms with Gasteiger partial charge in [0.15, 0.2) is 0 Å². The molecule has 17 heavy (non-hydrogen) atoms. The minimum absolute atomic E-state index is 0.615. The Bertz CT molecular complexity index is 419. The minimum Gasteiger partial charge on any atom is -0.492 e. The zero-order valence-electron chi connectivity index (χ0n) is 9.79. The summed E-state index contributed by atoms with van der Waals surface area (Å²) in [7, 11) is 0. The molecule has 0 unspecified atom stereocenters. The van der Waals surface area contributed by atoms with E-state index in [9.17, 15) is 0 Å². The summed E-state index contributed by atoms with van der Waals surface area (Å²) < 4.78 is 6.75. The molecule has 2 rings (SSSR count). The van der Waals surface area contributed by atoms with Gasteiger partial charge in [0.2, 0.25) is 0 Å². The maximum absolute atomic E-state index is 9.00. The molecule has 0 aliphatic heterocycles. The van der Waals surface area contributed by atoms with E-state index in [1.54, 1.807) is 6.07 Å². The standard InChI is InChI=1S/C14H16BrNO/c15-13-7-6-12(9-16)14(8-13)17-10-11-4-2-1-3-5-11/h6-8,11H,1-5,10H2. The molecule has 90 valence electrons. The lowest BCUT2D eigenvalue weighted by Crippen LogP contribution is -2.15. The molecule has 0 atom stereocenters. The van der Waals surface area contributed by atoms with Gasteiger partial charge in [0.05, 0.1) is 12.2 Å². The molecule has 2 nitrogen and oxygen atoms in total. The van der Waals surface area contributed by atoms with Gasteiger partial charge in [-0.05, 0) is 37.0 Å². The molecule has 3 heteroatoms. The van der Waals surface area contributed by atoms with Crippen LogP contribution in [0.2, 0.25) is 0 Å². The van der Waals surface area contributed by atoms with E-state index < -0.39 is 0 Å². The fraction of sp³-hybridized carbons (Fsp3) is 0.500. The van der Waals surface area contributed by atoms with E-state index in [1.807, 2.05) is 12.1 Å². The third-order valence-electron chi connectivity index (χ3n) is 3.26. The van der Waals surface area contributed by atoms with Crippen molar-refractivity contribution in [1.82, 2.24) is 0 Å². The smallest absolute Gasteiger partial charge is 0.138 e. The first-order valence-electron chi connectivity index (χ1n) is 6.12. The van der Waals surface area contributed by atoms with Crippen LogP contribution in [0.4, 0.5) is 0 Å². The van der Waals surface area contributed by atoms with Crippen LogP contribution in [-0.4, -0.2) is 6.61 Å². The Morgan fingerprint density at radius 1 is 1.29 bits per heavy atom. The van der Waals surface area contributed by atoms with Crippen LogP contribution >= 0.6 is 15.9 Å². The molecule has 1 saturated carbocycles. The number of ether oxygens (including phenoxy) is 1. The topological polar surface area (TPSA) is 33.0 Å². The molecule has 1 aromatic carbocycles. The zero-order valence-corrected chi connectivity index (χ0v) is 11.4. The first kappa shape index (κ1) is 12.4. The predicted octanol–water partition coefficient (Wildman–Crippen LogP) is 4.28. The summed E-state index contributed by atoms with van der Waals surface area (Å²) in [6, 6.07) is 7.70.